The molecule has 0 saturated heterocycles. The Balaban J connectivity index is 0.00000224. The highest BCUT2D eigenvalue weighted by Crippen LogP contribution is 2.16. The lowest BCUT2D eigenvalue weighted by Gasteiger charge is -2.34. The summed E-state index contributed by atoms with van der Waals surface area (Å²) < 4.78 is 0. The van der Waals surface area contributed by atoms with Gasteiger partial charge < -0.3 is 30.7 Å². The molecule has 3 N–H and O–H groups in total. The third-order valence-electron chi connectivity index (χ3n) is 8.41. The molecule has 0 spiro atoms. The van der Waals surface area contributed by atoms with Crippen LogP contribution < -0.4 is 11.1 Å². The molecule has 4 atom stereocenters. The summed E-state index contributed by atoms with van der Waals surface area (Å²) in [5.41, 5.74) is 7.71. The molecule has 0 aliphatic heterocycles. The highest BCUT2D eigenvalue weighted by Gasteiger charge is 2.34. The third kappa shape index (κ3) is 17.0. The third-order valence-corrected chi connectivity index (χ3v) is 8.41. The predicted molar refractivity (Wildman–Crippen MR) is 207 cm³/mol. The van der Waals surface area contributed by atoms with Gasteiger partial charge in [-0.25, -0.2) is 0 Å². The number of carbonyl (C=O) groups excluding carboxylic acids is 6. The highest BCUT2D eigenvalue weighted by molar-refractivity contribution is 5.93. The van der Waals surface area contributed by atoms with Crippen molar-refractivity contribution < 1.29 is 28.8 Å². The number of likely N-dealkylation sites (N-methyl/N-ethyl adjacent to an activating group) is 4. The van der Waals surface area contributed by atoms with Crippen LogP contribution in [-0.4, -0.2) is 115 Å². The van der Waals surface area contributed by atoms with Crippen LogP contribution in [0.5, 0.6) is 0 Å². The van der Waals surface area contributed by atoms with E-state index in [0.717, 1.165) is 5.56 Å². The fraction of sp³-hybridized carbons (Fsp3) is 0.550. The lowest BCUT2D eigenvalue weighted by molar-refractivity contribution is -0.149. The molecular formula is C40H64N6O6. The van der Waals surface area contributed by atoms with Gasteiger partial charge in [-0.1, -0.05) is 121 Å². The first kappa shape index (κ1) is 47.3. The van der Waals surface area contributed by atoms with E-state index >= 15 is 0 Å². The first-order valence-electron chi connectivity index (χ1n) is 18.0. The molecule has 12 nitrogen and oxygen atoms in total. The minimum absolute atomic E-state index is 0.0389. The Hall–Kier alpha value is -4.74. The number of primary amides is 1. The van der Waals surface area contributed by atoms with Crippen molar-refractivity contribution in [2.45, 2.75) is 92.3 Å². The van der Waals surface area contributed by atoms with Gasteiger partial charge in [0, 0.05) is 34.6 Å². The molecule has 6 amide bonds. The molecule has 0 bridgehead atoms. The first-order valence-corrected chi connectivity index (χ1v) is 18.0. The summed E-state index contributed by atoms with van der Waals surface area (Å²) in [5, 5.41) is 2.53. The highest BCUT2D eigenvalue weighted by atomic mass is 16.2. The summed E-state index contributed by atoms with van der Waals surface area (Å²) in [4.78, 5) is 81.2. The second-order valence-corrected chi connectivity index (χ2v) is 13.7. The average molecular weight is 725 g/mol. The van der Waals surface area contributed by atoms with Crippen LogP contribution in [0, 0.1) is 18.8 Å². The standard InChI is InChI=1S/C30H48N6O6.C7H8.C3H8/c1-9-21(4)27(28(31)40)36(8)26(39)18-34(6)30(42)24(15-20(2)3)35(7)25(38)17-33(5)29(41)23(32-19-37)16-22-13-11-10-12-14-22;1-7-5-3-2-4-6-7;1-3-2/h10-14,19-21,23-24,27H,9,15-18H2,1-8H3,(H2,31,40)(H,32,37);2-6H,1H3;3H2,1-2H3/t21-,23-,24?,27?;;/m0../s1. The van der Waals surface area contributed by atoms with Crippen LogP contribution in [0.25, 0.3) is 0 Å². The van der Waals surface area contributed by atoms with Gasteiger partial charge in [-0.3, -0.25) is 28.8 Å². The van der Waals surface area contributed by atoms with Crippen molar-refractivity contribution in [1.29, 1.82) is 0 Å². The zero-order valence-corrected chi connectivity index (χ0v) is 33.3. The zero-order valence-electron chi connectivity index (χ0n) is 33.3. The summed E-state index contributed by atoms with van der Waals surface area (Å²) in [6.45, 7) is 13.3. The van der Waals surface area contributed by atoms with E-state index in [1.165, 1.54) is 59.8 Å². The number of benzene rings is 2. The second-order valence-electron chi connectivity index (χ2n) is 13.7. The van der Waals surface area contributed by atoms with Gasteiger partial charge in [0.15, 0.2) is 0 Å². The molecule has 2 rings (SSSR count). The van der Waals surface area contributed by atoms with Crippen LogP contribution in [0.3, 0.4) is 0 Å². The van der Waals surface area contributed by atoms with Gasteiger partial charge in [0.25, 0.3) is 0 Å². The SMILES string of the molecule is CCC.CC[C@H](C)C(C(N)=O)N(C)C(=O)CN(C)C(=O)C(CC(C)C)N(C)C(=O)CN(C)C(=O)[C@H](Cc1ccccc1)NC=O.Cc1ccccc1. The molecule has 0 radical (unpaired) electrons. The number of aryl methyl sites for hydroxylation is 1. The van der Waals surface area contributed by atoms with Gasteiger partial charge in [-0.15, -0.1) is 0 Å². The van der Waals surface area contributed by atoms with Crippen LogP contribution in [0.1, 0.15) is 71.9 Å². The molecule has 0 aliphatic rings. The summed E-state index contributed by atoms with van der Waals surface area (Å²) >= 11 is 0. The van der Waals surface area contributed by atoms with Crippen molar-refractivity contribution >= 4 is 35.9 Å². The maximum absolute atomic E-state index is 13.5. The van der Waals surface area contributed by atoms with E-state index in [9.17, 15) is 28.8 Å². The Bertz CT molecular complexity index is 1370. The van der Waals surface area contributed by atoms with Crippen molar-refractivity contribution in [1.82, 2.24) is 24.9 Å². The molecule has 2 unspecified atom stereocenters. The fourth-order valence-electron chi connectivity index (χ4n) is 5.27. The quantitative estimate of drug-likeness (QED) is 0.236. The van der Waals surface area contributed by atoms with Gasteiger partial charge in [0.1, 0.15) is 18.1 Å². The number of carbonyl (C=O) groups is 6. The van der Waals surface area contributed by atoms with E-state index in [0.29, 0.717) is 19.3 Å². The Morgan fingerprint density at radius 1 is 0.750 bits per heavy atom. The van der Waals surface area contributed by atoms with Gasteiger partial charge >= 0.3 is 0 Å². The van der Waals surface area contributed by atoms with Gasteiger partial charge in [0.2, 0.25) is 35.9 Å². The zero-order chi connectivity index (χ0) is 40.0. The van der Waals surface area contributed by atoms with E-state index in [-0.39, 0.29) is 31.3 Å². The van der Waals surface area contributed by atoms with Crippen molar-refractivity contribution in [2.24, 2.45) is 17.6 Å². The normalized spacial score (nSPS) is 12.6. The van der Waals surface area contributed by atoms with E-state index in [1.54, 1.807) is 0 Å². The average Bonchev–Trinajstić information content (AvgIpc) is 3.10. The molecule has 0 aliphatic carbocycles. The summed E-state index contributed by atoms with van der Waals surface area (Å²) in [5.74, 6) is -2.57. The minimum atomic E-state index is -0.890. The molecule has 290 valence electrons. The number of nitrogens with zero attached hydrogens (tertiary/aromatic N) is 4. The first-order chi connectivity index (χ1) is 24.5. The van der Waals surface area contributed by atoms with Crippen LogP contribution >= 0.6 is 0 Å². The summed E-state index contributed by atoms with van der Waals surface area (Å²) in [7, 11) is 5.91. The van der Waals surface area contributed by atoms with Crippen molar-refractivity contribution in [2.75, 3.05) is 41.3 Å². The molecule has 2 aromatic carbocycles. The van der Waals surface area contributed by atoms with Gasteiger partial charge in [-0.2, -0.15) is 0 Å². The van der Waals surface area contributed by atoms with Gasteiger partial charge in [0.05, 0.1) is 13.1 Å². The van der Waals surface area contributed by atoms with Crippen LogP contribution in [0.4, 0.5) is 0 Å². The number of nitrogens with two attached hydrogens (primary N) is 1. The summed E-state index contributed by atoms with van der Waals surface area (Å²) in [6, 6.07) is 16.9. The monoisotopic (exact) mass is 724 g/mol. The van der Waals surface area contributed by atoms with Crippen molar-refractivity contribution in [3.63, 3.8) is 0 Å². The van der Waals surface area contributed by atoms with Crippen molar-refractivity contribution in [3.8, 4) is 0 Å². The molecule has 52 heavy (non-hydrogen) atoms. The van der Waals surface area contributed by atoms with Crippen molar-refractivity contribution in [3.05, 3.63) is 71.8 Å². The Kier molecular flexibility index (Phi) is 22.9. The molecular weight excluding hydrogens is 660 g/mol. The topological polar surface area (TPSA) is 153 Å². The number of nitrogens with one attached hydrogen (secondary N) is 1. The van der Waals surface area contributed by atoms with E-state index in [2.05, 4.69) is 38.2 Å². The molecule has 0 heterocycles. The smallest absolute Gasteiger partial charge is 0.245 e. The molecule has 2 aromatic rings. The predicted octanol–water partition coefficient (Wildman–Crippen LogP) is 3.90. The Morgan fingerprint density at radius 2 is 1.21 bits per heavy atom. The minimum Gasteiger partial charge on any atom is -0.368 e. The van der Waals surface area contributed by atoms with E-state index < -0.39 is 47.7 Å². The van der Waals surface area contributed by atoms with Crippen LogP contribution in [0.15, 0.2) is 60.7 Å². The number of rotatable bonds is 17. The fourth-order valence-corrected chi connectivity index (χ4v) is 5.27. The second kappa shape index (κ2) is 25.3. The molecule has 0 fully saturated rings. The molecule has 0 aromatic heterocycles. The van der Waals surface area contributed by atoms with Gasteiger partial charge in [-0.05, 0) is 30.7 Å². The van der Waals surface area contributed by atoms with E-state index in [1.807, 2.05) is 76.2 Å². The number of hydrogen-bond acceptors (Lipinski definition) is 6. The maximum atomic E-state index is 13.5. The van der Waals surface area contributed by atoms with E-state index in [4.69, 9.17) is 5.73 Å². The maximum Gasteiger partial charge on any atom is 0.245 e. The van der Waals surface area contributed by atoms with Crippen LogP contribution in [-0.2, 0) is 35.2 Å². The number of amides is 6. The van der Waals surface area contributed by atoms with Crippen LogP contribution in [0.2, 0.25) is 0 Å². The summed E-state index contributed by atoms with van der Waals surface area (Å²) in [6.07, 6.45) is 2.92. The largest absolute Gasteiger partial charge is 0.368 e. The lowest BCUT2D eigenvalue weighted by atomic mass is 9.97. The molecule has 12 heteroatoms. The number of hydrogen-bond donors (Lipinski definition) is 2. The Morgan fingerprint density at radius 3 is 1.62 bits per heavy atom. The Labute approximate surface area is 312 Å². The molecule has 0 saturated carbocycles. The lowest BCUT2D eigenvalue weighted by Crippen LogP contribution is -2.55.